The maximum Gasteiger partial charge on any atom is 0.252 e. The SMILES string of the molecule is CC(O)C(=O)Nc1ccc2c(c1)C(=O)CCC2. The van der Waals surface area contributed by atoms with Crippen LogP contribution in [0.15, 0.2) is 18.2 Å². The third-order valence-electron chi connectivity index (χ3n) is 2.91. The predicted octanol–water partition coefficient (Wildman–Crippen LogP) is 1.52. The van der Waals surface area contributed by atoms with E-state index in [9.17, 15) is 9.59 Å². The van der Waals surface area contributed by atoms with E-state index in [4.69, 9.17) is 5.11 Å². The van der Waals surface area contributed by atoms with Crippen molar-refractivity contribution in [2.75, 3.05) is 5.32 Å². The third kappa shape index (κ3) is 2.53. The summed E-state index contributed by atoms with van der Waals surface area (Å²) < 4.78 is 0. The highest BCUT2D eigenvalue weighted by Crippen LogP contribution is 2.24. The Morgan fingerprint density at radius 1 is 1.41 bits per heavy atom. The van der Waals surface area contributed by atoms with Crippen LogP contribution in [0.5, 0.6) is 0 Å². The van der Waals surface area contributed by atoms with Gasteiger partial charge in [-0.25, -0.2) is 0 Å². The van der Waals surface area contributed by atoms with Gasteiger partial charge >= 0.3 is 0 Å². The maximum atomic E-state index is 11.7. The minimum absolute atomic E-state index is 0.124. The summed E-state index contributed by atoms with van der Waals surface area (Å²) in [5, 5.41) is 11.7. The topological polar surface area (TPSA) is 66.4 Å². The van der Waals surface area contributed by atoms with Gasteiger partial charge in [0.05, 0.1) is 0 Å². The number of benzene rings is 1. The summed E-state index contributed by atoms with van der Waals surface area (Å²) in [6, 6.07) is 5.32. The molecule has 0 heterocycles. The normalized spacial score (nSPS) is 16.2. The molecule has 1 aromatic rings. The Balaban J connectivity index is 2.24. The van der Waals surface area contributed by atoms with Crippen LogP contribution >= 0.6 is 0 Å². The van der Waals surface area contributed by atoms with E-state index in [2.05, 4.69) is 5.32 Å². The number of aliphatic hydroxyl groups is 1. The molecule has 0 fully saturated rings. The summed E-state index contributed by atoms with van der Waals surface area (Å²) in [6.45, 7) is 1.40. The van der Waals surface area contributed by atoms with Gasteiger partial charge in [0.1, 0.15) is 6.10 Å². The summed E-state index contributed by atoms with van der Waals surface area (Å²) in [4.78, 5) is 23.0. The Morgan fingerprint density at radius 3 is 2.88 bits per heavy atom. The van der Waals surface area contributed by atoms with Crippen molar-refractivity contribution in [3.05, 3.63) is 29.3 Å². The zero-order valence-electron chi connectivity index (χ0n) is 9.69. The lowest BCUT2D eigenvalue weighted by Crippen LogP contribution is -2.24. The van der Waals surface area contributed by atoms with Crippen LogP contribution < -0.4 is 5.32 Å². The fourth-order valence-corrected chi connectivity index (χ4v) is 1.95. The molecule has 0 saturated carbocycles. The standard InChI is InChI=1S/C13H15NO3/c1-8(15)13(17)14-10-6-5-9-3-2-4-12(16)11(9)7-10/h5-8,15H,2-4H2,1H3,(H,14,17). The first kappa shape index (κ1) is 11.8. The van der Waals surface area contributed by atoms with Gasteiger partial charge in [-0.1, -0.05) is 6.07 Å². The van der Waals surface area contributed by atoms with E-state index in [1.165, 1.54) is 6.92 Å². The fraction of sp³-hybridized carbons (Fsp3) is 0.385. The summed E-state index contributed by atoms with van der Waals surface area (Å²) in [7, 11) is 0. The number of aryl methyl sites for hydroxylation is 1. The van der Waals surface area contributed by atoms with Gasteiger partial charge in [-0.3, -0.25) is 9.59 Å². The van der Waals surface area contributed by atoms with Gasteiger partial charge in [0, 0.05) is 17.7 Å². The number of Topliss-reactive ketones (excluding diaryl/α,β-unsaturated/α-hetero) is 1. The van der Waals surface area contributed by atoms with E-state index in [1.54, 1.807) is 12.1 Å². The summed E-state index contributed by atoms with van der Waals surface area (Å²) in [6.07, 6.45) is 1.32. The van der Waals surface area contributed by atoms with Gasteiger partial charge < -0.3 is 10.4 Å². The zero-order chi connectivity index (χ0) is 12.4. The van der Waals surface area contributed by atoms with E-state index < -0.39 is 12.0 Å². The van der Waals surface area contributed by atoms with Gasteiger partial charge in [0.25, 0.3) is 5.91 Å². The number of rotatable bonds is 2. The lowest BCUT2D eigenvalue weighted by molar-refractivity contribution is -0.123. The molecule has 1 aliphatic rings. The predicted molar refractivity (Wildman–Crippen MR) is 64.0 cm³/mol. The number of fused-ring (bicyclic) bond motifs is 1. The molecule has 0 aliphatic heterocycles. The van der Waals surface area contributed by atoms with Gasteiger partial charge in [-0.05, 0) is 37.5 Å². The maximum absolute atomic E-state index is 11.7. The van der Waals surface area contributed by atoms with Crippen molar-refractivity contribution < 1.29 is 14.7 Å². The van der Waals surface area contributed by atoms with E-state index in [0.29, 0.717) is 17.7 Å². The smallest absolute Gasteiger partial charge is 0.252 e. The molecule has 1 unspecified atom stereocenters. The van der Waals surface area contributed by atoms with Crippen molar-refractivity contribution in [1.29, 1.82) is 0 Å². The Bertz CT molecular complexity index is 466. The summed E-state index contributed by atoms with van der Waals surface area (Å²) in [5.41, 5.74) is 2.29. The molecule has 0 saturated heterocycles. The largest absolute Gasteiger partial charge is 0.384 e. The molecule has 0 bridgehead atoms. The quantitative estimate of drug-likeness (QED) is 0.814. The Hall–Kier alpha value is -1.68. The number of carbonyl (C=O) groups is 2. The van der Waals surface area contributed by atoms with Gasteiger partial charge in [0.15, 0.2) is 5.78 Å². The van der Waals surface area contributed by atoms with Crippen LogP contribution in [0, 0.1) is 0 Å². The molecular weight excluding hydrogens is 218 g/mol. The number of aliphatic hydroxyl groups excluding tert-OH is 1. The summed E-state index contributed by atoms with van der Waals surface area (Å²) >= 11 is 0. The zero-order valence-corrected chi connectivity index (χ0v) is 9.69. The van der Waals surface area contributed by atoms with Crippen LogP contribution in [0.25, 0.3) is 0 Å². The van der Waals surface area contributed by atoms with Crippen LogP contribution in [0.1, 0.15) is 35.7 Å². The molecule has 4 heteroatoms. The Morgan fingerprint density at radius 2 is 2.18 bits per heavy atom. The molecular formula is C13H15NO3. The van der Waals surface area contributed by atoms with Gasteiger partial charge in [-0.2, -0.15) is 0 Å². The van der Waals surface area contributed by atoms with Crippen LogP contribution in [-0.4, -0.2) is 22.9 Å². The van der Waals surface area contributed by atoms with Crippen molar-refractivity contribution >= 4 is 17.4 Å². The highest BCUT2D eigenvalue weighted by atomic mass is 16.3. The van der Waals surface area contributed by atoms with Gasteiger partial charge in [-0.15, -0.1) is 0 Å². The molecule has 0 aromatic heterocycles. The monoisotopic (exact) mass is 233 g/mol. The molecule has 17 heavy (non-hydrogen) atoms. The lowest BCUT2D eigenvalue weighted by atomic mass is 9.90. The molecule has 90 valence electrons. The first-order valence-corrected chi connectivity index (χ1v) is 5.73. The fourth-order valence-electron chi connectivity index (χ4n) is 1.95. The minimum atomic E-state index is -1.05. The second-order valence-corrected chi connectivity index (χ2v) is 4.31. The first-order valence-electron chi connectivity index (χ1n) is 5.73. The van der Waals surface area contributed by atoms with Crippen molar-refractivity contribution in [2.45, 2.75) is 32.3 Å². The van der Waals surface area contributed by atoms with E-state index in [1.807, 2.05) is 6.07 Å². The van der Waals surface area contributed by atoms with Crippen molar-refractivity contribution in [2.24, 2.45) is 0 Å². The number of anilines is 1. The number of carbonyl (C=O) groups excluding carboxylic acids is 2. The average Bonchev–Trinajstić information content (AvgIpc) is 2.30. The number of ketones is 1. The van der Waals surface area contributed by atoms with Gasteiger partial charge in [0.2, 0.25) is 0 Å². The lowest BCUT2D eigenvalue weighted by Gasteiger charge is -2.16. The second kappa shape index (κ2) is 4.67. The van der Waals surface area contributed by atoms with E-state index in [0.717, 1.165) is 18.4 Å². The van der Waals surface area contributed by atoms with Crippen molar-refractivity contribution in [3.8, 4) is 0 Å². The van der Waals surface area contributed by atoms with E-state index in [-0.39, 0.29) is 5.78 Å². The highest BCUT2D eigenvalue weighted by molar-refractivity contribution is 6.01. The molecule has 1 aliphatic carbocycles. The Kier molecular flexibility index (Phi) is 3.24. The number of hydrogen-bond donors (Lipinski definition) is 2. The first-order chi connectivity index (χ1) is 8.08. The van der Waals surface area contributed by atoms with Crippen LogP contribution in [0.4, 0.5) is 5.69 Å². The minimum Gasteiger partial charge on any atom is -0.384 e. The Labute approximate surface area is 99.6 Å². The molecule has 2 N–H and O–H groups in total. The summed E-state index contributed by atoms with van der Waals surface area (Å²) in [5.74, 6) is -0.340. The molecule has 1 amide bonds. The third-order valence-corrected chi connectivity index (χ3v) is 2.91. The molecule has 4 nitrogen and oxygen atoms in total. The molecule has 0 spiro atoms. The molecule has 1 atom stereocenters. The van der Waals surface area contributed by atoms with Crippen LogP contribution in [0.3, 0.4) is 0 Å². The van der Waals surface area contributed by atoms with Crippen molar-refractivity contribution in [1.82, 2.24) is 0 Å². The second-order valence-electron chi connectivity index (χ2n) is 4.31. The average molecular weight is 233 g/mol. The number of hydrogen-bond acceptors (Lipinski definition) is 3. The van der Waals surface area contributed by atoms with E-state index >= 15 is 0 Å². The van der Waals surface area contributed by atoms with Crippen LogP contribution in [0.2, 0.25) is 0 Å². The molecule has 2 rings (SSSR count). The van der Waals surface area contributed by atoms with Crippen LogP contribution in [-0.2, 0) is 11.2 Å². The number of nitrogens with one attached hydrogen (secondary N) is 1. The highest BCUT2D eigenvalue weighted by Gasteiger charge is 2.18. The molecule has 0 radical (unpaired) electrons. The number of amides is 1. The van der Waals surface area contributed by atoms with Crippen molar-refractivity contribution in [3.63, 3.8) is 0 Å². The molecule has 1 aromatic carbocycles.